The summed E-state index contributed by atoms with van der Waals surface area (Å²) in [7, 11) is 0. The van der Waals surface area contributed by atoms with E-state index in [-0.39, 0.29) is 18.6 Å². The minimum Gasteiger partial charge on any atom is -0.453 e. The summed E-state index contributed by atoms with van der Waals surface area (Å²) in [5, 5.41) is 0. The second kappa shape index (κ2) is 8.19. The highest BCUT2D eigenvalue weighted by Crippen LogP contribution is 2.10. The molecule has 0 saturated carbocycles. The van der Waals surface area contributed by atoms with Crippen molar-refractivity contribution in [2.24, 2.45) is 5.73 Å². The van der Waals surface area contributed by atoms with Crippen molar-refractivity contribution in [1.29, 1.82) is 0 Å². The number of ketones is 1. The van der Waals surface area contributed by atoms with Gasteiger partial charge in [0.25, 0.3) is 5.91 Å². The van der Waals surface area contributed by atoms with E-state index in [0.717, 1.165) is 12.8 Å². The lowest BCUT2D eigenvalue weighted by Gasteiger charge is -2.09. The molecule has 0 aliphatic rings. The molecule has 1 rings (SSSR count). The summed E-state index contributed by atoms with van der Waals surface area (Å²) in [6.45, 7) is 3.49. The smallest absolute Gasteiger partial charge is 0.307 e. The molecule has 0 aliphatic carbocycles. The van der Waals surface area contributed by atoms with E-state index in [9.17, 15) is 14.4 Å². The van der Waals surface area contributed by atoms with Crippen molar-refractivity contribution in [2.75, 3.05) is 0 Å². The van der Waals surface area contributed by atoms with Crippen LogP contribution in [0.2, 0.25) is 0 Å². The van der Waals surface area contributed by atoms with Gasteiger partial charge in [-0.25, -0.2) is 0 Å². The summed E-state index contributed by atoms with van der Waals surface area (Å²) in [5.74, 6) is -1.43. The maximum absolute atomic E-state index is 11.9. The number of esters is 1. The van der Waals surface area contributed by atoms with Crippen LogP contribution in [0.25, 0.3) is 0 Å². The molecular formula is C16H21NO4. The van der Waals surface area contributed by atoms with E-state index < -0.39 is 18.0 Å². The first-order valence-corrected chi connectivity index (χ1v) is 7.05. The molecule has 1 atom stereocenters. The summed E-state index contributed by atoms with van der Waals surface area (Å²) in [5.41, 5.74) is 6.75. The zero-order valence-corrected chi connectivity index (χ0v) is 12.4. The van der Waals surface area contributed by atoms with Crippen molar-refractivity contribution >= 4 is 17.7 Å². The van der Waals surface area contributed by atoms with Gasteiger partial charge in [-0.2, -0.15) is 0 Å². The summed E-state index contributed by atoms with van der Waals surface area (Å²) in [6, 6.07) is 7.38. The van der Waals surface area contributed by atoms with E-state index in [0.29, 0.717) is 5.56 Å². The Morgan fingerprint density at radius 1 is 1.14 bits per heavy atom. The fourth-order valence-corrected chi connectivity index (χ4v) is 1.82. The van der Waals surface area contributed by atoms with Crippen LogP contribution in [-0.4, -0.2) is 23.8 Å². The van der Waals surface area contributed by atoms with Gasteiger partial charge in [-0.3, -0.25) is 14.4 Å². The van der Waals surface area contributed by atoms with Crippen molar-refractivity contribution in [3.8, 4) is 0 Å². The molecule has 1 amide bonds. The lowest BCUT2D eigenvalue weighted by atomic mass is 10.0. The molecule has 0 aliphatic heterocycles. The van der Waals surface area contributed by atoms with Crippen LogP contribution in [0.1, 0.15) is 49.0 Å². The van der Waals surface area contributed by atoms with Crippen molar-refractivity contribution in [3.63, 3.8) is 0 Å². The van der Waals surface area contributed by atoms with E-state index in [1.807, 2.05) is 12.1 Å². The molecule has 5 heteroatoms. The highest BCUT2D eigenvalue weighted by atomic mass is 16.5. The number of primary amides is 1. The van der Waals surface area contributed by atoms with Gasteiger partial charge in [0, 0.05) is 12.0 Å². The molecule has 114 valence electrons. The molecule has 1 aromatic rings. The Kier molecular flexibility index (Phi) is 6.59. The van der Waals surface area contributed by atoms with Crippen LogP contribution in [0, 0.1) is 0 Å². The molecular weight excluding hydrogens is 270 g/mol. The second-order valence-corrected chi connectivity index (χ2v) is 4.90. The molecule has 0 unspecified atom stereocenters. The highest BCUT2D eigenvalue weighted by molar-refractivity contribution is 5.97. The molecule has 5 nitrogen and oxygen atoms in total. The Morgan fingerprint density at radius 2 is 1.76 bits per heavy atom. The van der Waals surface area contributed by atoms with Crippen LogP contribution < -0.4 is 5.73 Å². The first kappa shape index (κ1) is 16.9. The predicted octanol–water partition coefficient (Wildman–Crippen LogP) is 2.02. The van der Waals surface area contributed by atoms with Crippen molar-refractivity contribution in [2.45, 2.75) is 45.6 Å². The first-order valence-electron chi connectivity index (χ1n) is 7.05. The molecule has 0 saturated heterocycles. The van der Waals surface area contributed by atoms with Gasteiger partial charge in [0.1, 0.15) is 0 Å². The van der Waals surface area contributed by atoms with Crippen LogP contribution in [0.4, 0.5) is 0 Å². The number of carbonyl (C=O) groups excluding carboxylic acids is 3. The van der Waals surface area contributed by atoms with E-state index in [4.69, 9.17) is 10.5 Å². The zero-order valence-electron chi connectivity index (χ0n) is 12.4. The van der Waals surface area contributed by atoms with Crippen molar-refractivity contribution < 1.29 is 19.1 Å². The largest absolute Gasteiger partial charge is 0.453 e. The molecule has 0 radical (unpaired) electrons. The topological polar surface area (TPSA) is 86.5 Å². The number of rotatable bonds is 8. The Balaban J connectivity index is 2.46. The van der Waals surface area contributed by atoms with Gasteiger partial charge in [-0.1, -0.05) is 37.6 Å². The standard InChI is InChI=1S/C16H21NO4/c1-3-4-12-5-7-13(8-6-12)14(18)9-10-15(19)21-11(2)16(17)20/h5-8,11H,3-4,9-10H2,1-2H3,(H2,17,20)/t11-/m1/s1. The molecule has 0 bridgehead atoms. The number of Topliss-reactive ketones (excluding diaryl/α,β-unsaturated/α-hetero) is 1. The minimum absolute atomic E-state index is 0.0530. The average molecular weight is 291 g/mol. The first-order chi connectivity index (χ1) is 9.93. The quantitative estimate of drug-likeness (QED) is 0.586. The van der Waals surface area contributed by atoms with E-state index in [1.54, 1.807) is 12.1 Å². The van der Waals surface area contributed by atoms with Gasteiger partial charge in [0.05, 0.1) is 6.42 Å². The maximum Gasteiger partial charge on any atom is 0.307 e. The zero-order chi connectivity index (χ0) is 15.8. The van der Waals surface area contributed by atoms with Crippen LogP contribution >= 0.6 is 0 Å². The lowest BCUT2D eigenvalue weighted by Crippen LogP contribution is -2.30. The SMILES string of the molecule is CCCc1ccc(C(=O)CCC(=O)O[C@H](C)C(N)=O)cc1. The Bertz CT molecular complexity index is 508. The van der Waals surface area contributed by atoms with Gasteiger partial charge in [-0.05, 0) is 18.9 Å². The summed E-state index contributed by atoms with van der Waals surface area (Å²) in [6.07, 6.45) is 1.05. The third-order valence-corrected chi connectivity index (χ3v) is 3.08. The lowest BCUT2D eigenvalue weighted by molar-refractivity contribution is -0.153. The van der Waals surface area contributed by atoms with Gasteiger partial charge < -0.3 is 10.5 Å². The van der Waals surface area contributed by atoms with E-state index >= 15 is 0 Å². The number of hydrogen-bond acceptors (Lipinski definition) is 4. The minimum atomic E-state index is -0.971. The number of nitrogens with two attached hydrogens (primary N) is 1. The normalized spacial score (nSPS) is 11.7. The fourth-order valence-electron chi connectivity index (χ4n) is 1.82. The van der Waals surface area contributed by atoms with Crippen molar-refractivity contribution in [3.05, 3.63) is 35.4 Å². The predicted molar refractivity (Wildman–Crippen MR) is 78.7 cm³/mol. The number of hydrogen-bond donors (Lipinski definition) is 1. The number of amides is 1. The van der Waals surface area contributed by atoms with Gasteiger partial charge >= 0.3 is 5.97 Å². The Labute approximate surface area is 124 Å². The number of benzene rings is 1. The molecule has 1 aromatic carbocycles. The van der Waals surface area contributed by atoms with E-state index in [1.165, 1.54) is 12.5 Å². The second-order valence-electron chi connectivity index (χ2n) is 4.90. The van der Waals surface area contributed by atoms with E-state index in [2.05, 4.69) is 6.92 Å². The molecule has 0 aromatic heterocycles. The molecule has 0 spiro atoms. The van der Waals surface area contributed by atoms with Crippen molar-refractivity contribution in [1.82, 2.24) is 0 Å². The Hall–Kier alpha value is -2.17. The maximum atomic E-state index is 11.9. The number of carbonyl (C=O) groups is 3. The average Bonchev–Trinajstić information content (AvgIpc) is 2.45. The molecule has 2 N–H and O–H groups in total. The van der Waals surface area contributed by atoms with Gasteiger partial charge in [-0.15, -0.1) is 0 Å². The number of aryl methyl sites for hydroxylation is 1. The van der Waals surface area contributed by atoms with Crippen LogP contribution in [-0.2, 0) is 20.7 Å². The summed E-state index contributed by atoms with van der Waals surface area (Å²) in [4.78, 5) is 34.1. The molecule has 0 fully saturated rings. The third kappa shape index (κ3) is 5.77. The molecule has 0 heterocycles. The third-order valence-electron chi connectivity index (χ3n) is 3.08. The monoisotopic (exact) mass is 291 g/mol. The summed E-state index contributed by atoms with van der Waals surface area (Å²) < 4.78 is 4.78. The highest BCUT2D eigenvalue weighted by Gasteiger charge is 2.16. The van der Waals surface area contributed by atoms with Crippen LogP contribution in [0.5, 0.6) is 0 Å². The van der Waals surface area contributed by atoms with Gasteiger partial charge in [0.2, 0.25) is 0 Å². The van der Waals surface area contributed by atoms with Gasteiger partial charge in [0.15, 0.2) is 11.9 Å². The van der Waals surface area contributed by atoms with Crippen LogP contribution in [0.15, 0.2) is 24.3 Å². The Morgan fingerprint density at radius 3 is 2.29 bits per heavy atom. The molecule has 21 heavy (non-hydrogen) atoms. The summed E-state index contributed by atoms with van der Waals surface area (Å²) >= 11 is 0. The number of ether oxygens (including phenoxy) is 1. The fraction of sp³-hybridized carbons (Fsp3) is 0.438. The van der Waals surface area contributed by atoms with Crippen LogP contribution in [0.3, 0.4) is 0 Å².